The molecule has 0 radical (unpaired) electrons. The number of piperazine rings is 1. The standard InChI is InChI=1S/C22H25N3O3/c26-21(24-17-9-10-17)14-20-22(27)23-11-12-25(20)15-16-5-4-8-19(13-16)28-18-6-2-1-3-7-18/h1-8,13,17,20H,9-12,14-15H2,(H,23,27)(H,24,26). The molecule has 4 rings (SSSR count). The van der Waals surface area contributed by atoms with E-state index in [2.05, 4.69) is 15.5 Å². The lowest BCUT2D eigenvalue weighted by Crippen LogP contribution is -2.56. The van der Waals surface area contributed by atoms with Gasteiger partial charge < -0.3 is 15.4 Å². The molecule has 0 aromatic heterocycles. The normalized spacial score (nSPS) is 19.7. The Morgan fingerprint density at radius 3 is 2.68 bits per heavy atom. The van der Waals surface area contributed by atoms with Crippen LogP contribution in [0.1, 0.15) is 24.8 Å². The molecule has 28 heavy (non-hydrogen) atoms. The number of benzene rings is 2. The van der Waals surface area contributed by atoms with Crippen LogP contribution < -0.4 is 15.4 Å². The highest BCUT2D eigenvalue weighted by Gasteiger charge is 2.33. The number of ether oxygens (including phenoxy) is 1. The first-order valence-corrected chi connectivity index (χ1v) is 9.80. The van der Waals surface area contributed by atoms with Gasteiger partial charge in [-0.3, -0.25) is 14.5 Å². The van der Waals surface area contributed by atoms with E-state index in [9.17, 15) is 9.59 Å². The number of nitrogens with zero attached hydrogens (tertiary/aromatic N) is 1. The van der Waals surface area contributed by atoms with Crippen LogP contribution in [0.15, 0.2) is 54.6 Å². The predicted molar refractivity (Wildman–Crippen MR) is 106 cm³/mol. The van der Waals surface area contributed by atoms with E-state index in [1.54, 1.807) is 0 Å². The van der Waals surface area contributed by atoms with Crippen molar-refractivity contribution >= 4 is 11.8 Å². The molecule has 146 valence electrons. The minimum absolute atomic E-state index is 0.0456. The van der Waals surface area contributed by atoms with E-state index >= 15 is 0 Å². The van der Waals surface area contributed by atoms with Gasteiger partial charge in [-0.15, -0.1) is 0 Å². The molecular formula is C22H25N3O3. The minimum atomic E-state index is -0.439. The number of para-hydroxylation sites is 1. The Hall–Kier alpha value is -2.86. The maximum absolute atomic E-state index is 12.4. The van der Waals surface area contributed by atoms with E-state index < -0.39 is 6.04 Å². The summed E-state index contributed by atoms with van der Waals surface area (Å²) in [5, 5.41) is 5.86. The van der Waals surface area contributed by atoms with Gasteiger partial charge >= 0.3 is 0 Å². The van der Waals surface area contributed by atoms with Gasteiger partial charge in [0, 0.05) is 25.7 Å². The molecule has 6 nitrogen and oxygen atoms in total. The van der Waals surface area contributed by atoms with Crippen molar-refractivity contribution in [3.63, 3.8) is 0 Å². The van der Waals surface area contributed by atoms with Gasteiger partial charge in [-0.2, -0.15) is 0 Å². The van der Waals surface area contributed by atoms with Gasteiger partial charge in [0.1, 0.15) is 11.5 Å². The van der Waals surface area contributed by atoms with E-state index in [0.717, 1.165) is 36.4 Å². The van der Waals surface area contributed by atoms with Gasteiger partial charge in [0.05, 0.1) is 12.5 Å². The summed E-state index contributed by atoms with van der Waals surface area (Å²) >= 11 is 0. The summed E-state index contributed by atoms with van der Waals surface area (Å²) in [7, 11) is 0. The van der Waals surface area contributed by atoms with E-state index in [4.69, 9.17) is 4.74 Å². The smallest absolute Gasteiger partial charge is 0.237 e. The second-order valence-corrected chi connectivity index (χ2v) is 7.39. The van der Waals surface area contributed by atoms with Crippen molar-refractivity contribution in [3.8, 4) is 11.5 Å². The van der Waals surface area contributed by atoms with Crippen LogP contribution in [0.25, 0.3) is 0 Å². The molecule has 2 amide bonds. The van der Waals surface area contributed by atoms with Gasteiger partial charge in [-0.05, 0) is 42.7 Å². The first-order valence-electron chi connectivity index (χ1n) is 9.80. The average molecular weight is 379 g/mol. The number of hydrogen-bond donors (Lipinski definition) is 2. The molecule has 1 aliphatic heterocycles. The molecule has 2 N–H and O–H groups in total. The van der Waals surface area contributed by atoms with Crippen LogP contribution in [0.2, 0.25) is 0 Å². The Morgan fingerprint density at radius 2 is 1.89 bits per heavy atom. The lowest BCUT2D eigenvalue weighted by molar-refractivity contribution is -0.134. The van der Waals surface area contributed by atoms with Crippen molar-refractivity contribution in [3.05, 3.63) is 60.2 Å². The fourth-order valence-corrected chi connectivity index (χ4v) is 3.43. The summed E-state index contributed by atoms with van der Waals surface area (Å²) in [6, 6.07) is 17.4. The van der Waals surface area contributed by atoms with Crippen LogP contribution in [0.3, 0.4) is 0 Å². The highest BCUT2D eigenvalue weighted by molar-refractivity contribution is 5.89. The molecule has 2 aromatic rings. The van der Waals surface area contributed by atoms with E-state index in [1.165, 1.54) is 0 Å². The molecule has 0 spiro atoms. The van der Waals surface area contributed by atoms with E-state index in [1.807, 2.05) is 54.6 Å². The first kappa shape index (κ1) is 18.5. The Bertz CT molecular complexity index is 836. The second kappa shape index (κ2) is 8.44. The zero-order valence-electron chi connectivity index (χ0n) is 15.8. The molecule has 6 heteroatoms. The van der Waals surface area contributed by atoms with Crippen molar-refractivity contribution in [1.82, 2.24) is 15.5 Å². The third kappa shape index (κ3) is 4.89. The van der Waals surface area contributed by atoms with Crippen LogP contribution in [-0.4, -0.2) is 41.9 Å². The summed E-state index contributed by atoms with van der Waals surface area (Å²) < 4.78 is 5.91. The predicted octanol–water partition coefficient (Wildman–Crippen LogP) is 2.45. The minimum Gasteiger partial charge on any atom is -0.457 e. The zero-order chi connectivity index (χ0) is 19.3. The quantitative estimate of drug-likeness (QED) is 0.775. The summed E-state index contributed by atoms with van der Waals surface area (Å²) in [5.41, 5.74) is 1.05. The van der Waals surface area contributed by atoms with Crippen LogP contribution in [0.5, 0.6) is 11.5 Å². The number of rotatable bonds is 7. The Kier molecular flexibility index (Phi) is 5.58. The Labute approximate surface area is 164 Å². The highest BCUT2D eigenvalue weighted by atomic mass is 16.5. The lowest BCUT2D eigenvalue weighted by Gasteiger charge is -2.34. The van der Waals surface area contributed by atoms with Crippen LogP contribution >= 0.6 is 0 Å². The molecule has 1 atom stereocenters. The molecular weight excluding hydrogens is 354 g/mol. The monoisotopic (exact) mass is 379 g/mol. The average Bonchev–Trinajstić information content (AvgIpc) is 3.50. The van der Waals surface area contributed by atoms with E-state index in [-0.39, 0.29) is 18.2 Å². The van der Waals surface area contributed by atoms with E-state index in [0.29, 0.717) is 19.1 Å². The molecule has 1 saturated carbocycles. The summed E-state index contributed by atoms with van der Waals surface area (Å²) in [5.74, 6) is 1.42. The van der Waals surface area contributed by atoms with Crippen molar-refractivity contribution in [2.24, 2.45) is 0 Å². The topological polar surface area (TPSA) is 70.7 Å². The molecule has 1 aliphatic carbocycles. The van der Waals surface area contributed by atoms with Gasteiger partial charge in [0.25, 0.3) is 0 Å². The molecule has 2 aliphatic rings. The first-order chi connectivity index (χ1) is 13.7. The van der Waals surface area contributed by atoms with Crippen molar-refractivity contribution < 1.29 is 14.3 Å². The molecule has 1 saturated heterocycles. The number of carbonyl (C=O) groups is 2. The SMILES string of the molecule is O=C(CC1C(=O)NCCN1Cc1cccc(Oc2ccccc2)c1)NC1CC1. The summed E-state index contributed by atoms with van der Waals surface area (Å²) in [6.45, 7) is 1.91. The number of nitrogens with one attached hydrogen (secondary N) is 2. The second-order valence-electron chi connectivity index (χ2n) is 7.39. The third-order valence-corrected chi connectivity index (χ3v) is 5.03. The van der Waals surface area contributed by atoms with Crippen LogP contribution in [0.4, 0.5) is 0 Å². The van der Waals surface area contributed by atoms with Crippen LogP contribution in [-0.2, 0) is 16.1 Å². The fraction of sp³-hybridized carbons (Fsp3) is 0.364. The van der Waals surface area contributed by atoms with Crippen molar-refractivity contribution in [1.29, 1.82) is 0 Å². The van der Waals surface area contributed by atoms with Gasteiger partial charge in [0.2, 0.25) is 11.8 Å². The van der Waals surface area contributed by atoms with Gasteiger partial charge in [-0.1, -0.05) is 30.3 Å². The molecule has 0 bridgehead atoms. The maximum atomic E-state index is 12.4. The molecule has 1 unspecified atom stereocenters. The van der Waals surface area contributed by atoms with Crippen molar-refractivity contribution in [2.75, 3.05) is 13.1 Å². The zero-order valence-corrected chi connectivity index (χ0v) is 15.8. The number of amides is 2. The van der Waals surface area contributed by atoms with Gasteiger partial charge in [0.15, 0.2) is 0 Å². The van der Waals surface area contributed by atoms with Crippen LogP contribution in [0, 0.1) is 0 Å². The highest BCUT2D eigenvalue weighted by Crippen LogP contribution is 2.24. The molecule has 2 aromatic carbocycles. The molecule has 2 fully saturated rings. The van der Waals surface area contributed by atoms with Gasteiger partial charge in [-0.25, -0.2) is 0 Å². The molecule has 1 heterocycles. The summed E-state index contributed by atoms with van der Waals surface area (Å²) in [6.07, 6.45) is 2.28. The fourth-order valence-electron chi connectivity index (χ4n) is 3.43. The maximum Gasteiger partial charge on any atom is 0.237 e. The largest absolute Gasteiger partial charge is 0.457 e. The number of carbonyl (C=O) groups excluding carboxylic acids is 2. The third-order valence-electron chi connectivity index (χ3n) is 5.03. The Balaban J connectivity index is 1.42. The lowest BCUT2D eigenvalue weighted by atomic mass is 10.1. The summed E-state index contributed by atoms with van der Waals surface area (Å²) in [4.78, 5) is 26.7. The number of hydrogen-bond acceptors (Lipinski definition) is 4. The van der Waals surface area contributed by atoms with Crippen molar-refractivity contribution in [2.45, 2.75) is 37.9 Å². The Morgan fingerprint density at radius 1 is 1.11 bits per heavy atom.